The van der Waals surface area contributed by atoms with Crippen molar-refractivity contribution in [2.45, 2.75) is 13.5 Å². The SMILES string of the molecule is CCOCCN(C)Cc1ccc(C(=O)OC)cc1. The maximum atomic E-state index is 11.3. The summed E-state index contributed by atoms with van der Waals surface area (Å²) in [5.41, 5.74) is 1.75. The van der Waals surface area contributed by atoms with Gasteiger partial charge in [-0.15, -0.1) is 0 Å². The van der Waals surface area contributed by atoms with Crippen molar-refractivity contribution in [2.75, 3.05) is 33.9 Å². The Kier molecular flexibility index (Phi) is 6.39. The van der Waals surface area contributed by atoms with Crippen LogP contribution in [0.2, 0.25) is 0 Å². The lowest BCUT2D eigenvalue weighted by molar-refractivity contribution is 0.0600. The normalized spacial score (nSPS) is 10.7. The van der Waals surface area contributed by atoms with Crippen LogP contribution < -0.4 is 0 Å². The summed E-state index contributed by atoms with van der Waals surface area (Å²) in [5.74, 6) is -0.300. The summed E-state index contributed by atoms with van der Waals surface area (Å²) >= 11 is 0. The molecule has 4 heteroatoms. The van der Waals surface area contributed by atoms with E-state index in [2.05, 4.69) is 9.64 Å². The monoisotopic (exact) mass is 251 g/mol. The lowest BCUT2D eigenvalue weighted by Crippen LogP contribution is -2.22. The molecule has 0 bridgehead atoms. The summed E-state index contributed by atoms with van der Waals surface area (Å²) in [7, 11) is 3.44. The van der Waals surface area contributed by atoms with E-state index in [1.54, 1.807) is 12.1 Å². The predicted octanol–water partition coefficient (Wildman–Crippen LogP) is 1.94. The lowest BCUT2D eigenvalue weighted by atomic mass is 10.1. The molecule has 0 aromatic heterocycles. The topological polar surface area (TPSA) is 38.8 Å². The molecule has 18 heavy (non-hydrogen) atoms. The van der Waals surface area contributed by atoms with Crippen LogP contribution >= 0.6 is 0 Å². The second-order valence-corrected chi connectivity index (χ2v) is 4.12. The van der Waals surface area contributed by atoms with Crippen LogP contribution in [0.15, 0.2) is 24.3 Å². The zero-order valence-electron chi connectivity index (χ0n) is 11.3. The molecular weight excluding hydrogens is 230 g/mol. The first kappa shape index (κ1) is 14.7. The minimum absolute atomic E-state index is 0.300. The fourth-order valence-corrected chi connectivity index (χ4v) is 1.62. The Balaban J connectivity index is 2.45. The number of carbonyl (C=O) groups is 1. The molecule has 0 saturated carbocycles. The quantitative estimate of drug-likeness (QED) is 0.548. The van der Waals surface area contributed by atoms with Crippen LogP contribution in [0.5, 0.6) is 0 Å². The number of rotatable bonds is 7. The number of carbonyl (C=O) groups excluding carboxylic acids is 1. The van der Waals surface area contributed by atoms with Crippen LogP contribution in [0.25, 0.3) is 0 Å². The summed E-state index contributed by atoms with van der Waals surface area (Å²) in [5, 5.41) is 0. The number of nitrogens with zero attached hydrogens (tertiary/aromatic N) is 1. The third-order valence-corrected chi connectivity index (χ3v) is 2.65. The maximum Gasteiger partial charge on any atom is 0.337 e. The van der Waals surface area contributed by atoms with Gasteiger partial charge in [0.25, 0.3) is 0 Å². The number of methoxy groups -OCH3 is 1. The van der Waals surface area contributed by atoms with Gasteiger partial charge >= 0.3 is 5.97 Å². The molecule has 0 radical (unpaired) electrons. The molecule has 0 heterocycles. The fraction of sp³-hybridized carbons (Fsp3) is 0.500. The Labute approximate surface area is 108 Å². The Bertz CT molecular complexity index is 362. The van der Waals surface area contributed by atoms with Crippen molar-refractivity contribution in [1.29, 1.82) is 0 Å². The first-order chi connectivity index (χ1) is 8.67. The van der Waals surface area contributed by atoms with E-state index in [1.165, 1.54) is 12.7 Å². The maximum absolute atomic E-state index is 11.3. The van der Waals surface area contributed by atoms with Crippen molar-refractivity contribution in [3.63, 3.8) is 0 Å². The second kappa shape index (κ2) is 7.84. The molecule has 0 atom stereocenters. The standard InChI is InChI=1S/C14H21NO3/c1-4-18-10-9-15(2)11-12-5-7-13(8-6-12)14(16)17-3/h5-8H,4,9-11H2,1-3H3. The van der Waals surface area contributed by atoms with Gasteiger partial charge in [0.15, 0.2) is 0 Å². The second-order valence-electron chi connectivity index (χ2n) is 4.12. The van der Waals surface area contributed by atoms with E-state index in [9.17, 15) is 4.79 Å². The van der Waals surface area contributed by atoms with Crippen molar-refractivity contribution in [1.82, 2.24) is 4.90 Å². The van der Waals surface area contributed by atoms with Crippen molar-refractivity contribution >= 4 is 5.97 Å². The molecule has 100 valence electrons. The number of hydrogen-bond acceptors (Lipinski definition) is 4. The van der Waals surface area contributed by atoms with Gasteiger partial charge in [-0.1, -0.05) is 12.1 Å². The highest BCUT2D eigenvalue weighted by Crippen LogP contribution is 2.07. The molecule has 0 saturated heterocycles. The van der Waals surface area contributed by atoms with E-state index in [4.69, 9.17) is 4.74 Å². The Morgan fingerprint density at radius 3 is 2.50 bits per heavy atom. The number of hydrogen-bond donors (Lipinski definition) is 0. The average molecular weight is 251 g/mol. The van der Waals surface area contributed by atoms with E-state index in [-0.39, 0.29) is 5.97 Å². The first-order valence-corrected chi connectivity index (χ1v) is 6.11. The molecule has 1 rings (SSSR count). The van der Waals surface area contributed by atoms with Crippen molar-refractivity contribution < 1.29 is 14.3 Å². The van der Waals surface area contributed by atoms with Gasteiger partial charge in [-0.3, -0.25) is 4.90 Å². The Morgan fingerprint density at radius 2 is 1.94 bits per heavy atom. The minimum atomic E-state index is -0.300. The molecule has 0 amide bonds. The van der Waals surface area contributed by atoms with Gasteiger partial charge < -0.3 is 9.47 Å². The number of likely N-dealkylation sites (N-methyl/N-ethyl adjacent to an activating group) is 1. The Hall–Kier alpha value is -1.39. The molecule has 1 aromatic carbocycles. The zero-order chi connectivity index (χ0) is 13.4. The zero-order valence-corrected chi connectivity index (χ0v) is 11.3. The van der Waals surface area contributed by atoms with Gasteiger partial charge in [-0.05, 0) is 31.7 Å². The molecule has 0 aliphatic rings. The summed E-state index contributed by atoms with van der Waals surface area (Å²) < 4.78 is 9.96. The highest BCUT2D eigenvalue weighted by Gasteiger charge is 2.05. The van der Waals surface area contributed by atoms with Crippen LogP contribution in [0, 0.1) is 0 Å². The van der Waals surface area contributed by atoms with Gasteiger partial charge in [-0.2, -0.15) is 0 Å². The highest BCUT2D eigenvalue weighted by molar-refractivity contribution is 5.89. The van der Waals surface area contributed by atoms with Gasteiger partial charge in [0.05, 0.1) is 19.3 Å². The molecule has 0 aliphatic carbocycles. The third kappa shape index (κ3) is 4.85. The van der Waals surface area contributed by atoms with E-state index in [1.807, 2.05) is 26.1 Å². The molecule has 4 nitrogen and oxygen atoms in total. The van der Waals surface area contributed by atoms with Crippen molar-refractivity contribution in [3.8, 4) is 0 Å². The molecule has 0 aliphatic heterocycles. The van der Waals surface area contributed by atoms with Crippen LogP contribution in [0.1, 0.15) is 22.8 Å². The van der Waals surface area contributed by atoms with Crippen LogP contribution in [-0.2, 0) is 16.0 Å². The van der Waals surface area contributed by atoms with Crippen LogP contribution in [0.4, 0.5) is 0 Å². The third-order valence-electron chi connectivity index (χ3n) is 2.65. The lowest BCUT2D eigenvalue weighted by Gasteiger charge is -2.16. The van der Waals surface area contributed by atoms with Gasteiger partial charge in [0.1, 0.15) is 0 Å². The largest absolute Gasteiger partial charge is 0.465 e. The number of benzene rings is 1. The molecule has 0 unspecified atom stereocenters. The molecule has 0 N–H and O–H groups in total. The van der Waals surface area contributed by atoms with Crippen LogP contribution in [-0.4, -0.2) is 44.8 Å². The van der Waals surface area contributed by atoms with Gasteiger partial charge in [0.2, 0.25) is 0 Å². The molecule has 0 spiro atoms. The summed E-state index contributed by atoms with van der Waals surface area (Å²) in [6.45, 7) is 5.22. The van der Waals surface area contributed by atoms with E-state index >= 15 is 0 Å². The van der Waals surface area contributed by atoms with E-state index in [0.717, 1.165) is 26.3 Å². The van der Waals surface area contributed by atoms with Crippen LogP contribution in [0.3, 0.4) is 0 Å². The summed E-state index contributed by atoms with van der Waals surface area (Å²) in [6, 6.07) is 7.47. The number of ether oxygens (including phenoxy) is 2. The molecule has 0 fully saturated rings. The average Bonchev–Trinajstić information content (AvgIpc) is 2.39. The van der Waals surface area contributed by atoms with Gasteiger partial charge in [-0.25, -0.2) is 4.79 Å². The van der Waals surface area contributed by atoms with Crippen molar-refractivity contribution in [3.05, 3.63) is 35.4 Å². The molecule has 1 aromatic rings. The minimum Gasteiger partial charge on any atom is -0.465 e. The predicted molar refractivity (Wildman–Crippen MR) is 70.6 cm³/mol. The summed E-state index contributed by atoms with van der Waals surface area (Å²) in [6.07, 6.45) is 0. The highest BCUT2D eigenvalue weighted by atomic mass is 16.5. The van der Waals surface area contributed by atoms with Crippen molar-refractivity contribution in [2.24, 2.45) is 0 Å². The fourth-order valence-electron chi connectivity index (χ4n) is 1.62. The number of esters is 1. The summed E-state index contributed by atoms with van der Waals surface area (Å²) in [4.78, 5) is 13.5. The van der Waals surface area contributed by atoms with E-state index in [0.29, 0.717) is 5.56 Å². The first-order valence-electron chi connectivity index (χ1n) is 6.11. The smallest absolute Gasteiger partial charge is 0.337 e. The van der Waals surface area contributed by atoms with Gasteiger partial charge in [0, 0.05) is 19.7 Å². The molecular formula is C14H21NO3. The van der Waals surface area contributed by atoms with E-state index < -0.39 is 0 Å². The Morgan fingerprint density at radius 1 is 1.28 bits per heavy atom.